The van der Waals surface area contributed by atoms with Gasteiger partial charge in [0, 0.05) is 30.0 Å². The fourth-order valence-corrected chi connectivity index (χ4v) is 8.84. The van der Waals surface area contributed by atoms with E-state index in [0.717, 1.165) is 44.9 Å². The van der Waals surface area contributed by atoms with Gasteiger partial charge in [-0.1, -0.05) is 47.1 Å². The maximum absolute atomic E-state index is 13.7. The summed E-state index contributed by atoms with van der Waals surface area (Å²) in [6.07, 6.45) is 15.1. The molecule has 1 aliphatic heterocycles. The number of rotatable bonds is 6. The van der Waals surface area contributed by atoms with Crippen molar-refractivity contribution < 1.29 is 9.59 Å². The first kappa shape index (κ1) is 23.8. The van der Waals surface area contributed by atoms with Gasteiger partial charge in [0.1, 0.15) is 0 Å². The highest BCUT2D eigenvalue weighted by molar-refractivity contribution is 5.89. The van der Waals surface area contributed by atoms with Crippen molar-refractivity contribution in [3.05, 3.63) is 12.2 Å². The van der Waals surface area contributed by atoms with Crippen molar-refractivity contribution in [2.45, 2.75) is 110 Å². The number of carbonyl (C=O) groups is 2. The highest BCUT2D eigenvalue weighted by Crippen LogP contribution is 2.65. The third-order valence-corrected chi connectivity index (χ3v) is 10.9. The van der Waals surface area contributed by atoms with Crippen LogP contribution in [0.25, 0.3) is 0 Å². The number of amides is 2. The molecule has 1 N–H and O–H groups in total. The van der Waals surface area contributed by atoms with E-state index in [-0.39, 0.29) is 28.2 Å². The second-order valence-electron chi connectivity index (χ2n) is 12.0. The van der Waals surface area contributed by atoms with Gasteiger partial charge in [0.2, 0.25) is 11.8 Å². The number of hydrogen-bond acceptors (Lipinski definition) is 2. The highest BCUT2D eigenvalue weighted by Gasteiger charge is 2.61. The summed E-state index contributed by atoms with van der Waals surface area (Å²) in [7, 11) is 1.99. The molecular weight excluding hydrogens is 396 g/mol. The van der Waals surface area contributed by atoms with Crippen LogP contribution in [0.2, 0.25) is 0 Å². The van der Waals surface area contributed by atoms with Crippen LogP contribution in [-0.2, 0) is 9.59 Å². The smallest absolute Gasteiger partial charge is 0.246 e. The Bertz CT molecular complexity index is 771. The molecule has 2 unspecified atom stereocenters. The highest BCUT2D eigenvalue weighted by atomic mass is 16.2. The molecule has 180 valence electrons. The molecule has 3 fully saturated rings. The second kappa shape index (κ2) is 8.47. The summed E-state index contributed by atoms with van der Waals surface area (Å²) in [5.41, 5.74) is 0.162. The van der Waals surface area contributed by atoms with Crippen LogP contribution >= 0.6 is 0 Å². The molecule has 4 rings (SSSR count). The first-order valence-corrected chi connectivity index (χ1v) is 13.4. The first-order chi connectivity index (χ1) is 15.2. The Balaban J connectivity index is 1.55. The predicted octanol–water partition coefficient (Wildman–Crippen LogP) is 5.72. The van der Waals surface area contributed by atoms with Gasteiger partial charge >= 0.3 is 0 Å². The second-order valence-corrected chi connectivity index (χ2v) is 12.0. The standard InChI is InChI=1S/C28H46N2O2/c1-7-16-28(8-2,9-3)29-25(32)22-12-11-20-19-10-13-23-27(5,18-15-24(31)30(23)6)21(19)14-17-26(20,22)4/h15,18-23H,7-14,16-17H2,1-6H3,(H,29,32)/t19-,20-,21+,22?,23?,26-,27+/m0/s1. The normalized spacial score (nSPS) is 41.1. The molecule has 3 aliphatic carbocycles. The molecule has 3 saturated carbocycles. The third kappa shape index (κ3) is 3.46. The van der Waals surface area contributed by atoms with Crippen LogP contribution in [0.5, 0.6) is 0 Å². The minimum absolute atomic E-state index is 0.0347. The Kier molecular flexibility index (Phi) is 6.31. The Labute approximate surface area is 196 Å². The van der Waals surface area contributed by atoms with Gasteiger partial charge in [-0.3, -0.25) is 9.59 Å². The van der Waals surface area contributed by atoms with E-state index in [1.54, 1.807) is 0 Å². The summed E-state index contributed by atoms with van der Waals surface area (Å²) in [6.45, 7) is 11.5. The summed E-state index contributed by atoms with van der Waals surface area (Å²) in [6, 6.07) is 0.329. The van der Waals surface area contributed by atoms with Crippen LogP contribution in [0.1, 0.15) is 98.8 Å². The maximum Gasteiger partial charge on any atom is 0.246 e. The summed E-state index contributed by atoms with van der Waals surface area (Å²) >= 11 is 0. The van der Waals surface area contributed by atoms with Gasteiger partial charge in [-0.2, -0.15) is 0 Å². The van der Waals surface area contributed by atoms with Crippen molar-refractivity contribution >= 4 is 11.8 Å². The van der Waals surface area contributed by atoms with Crippen LogP contribution < -0.4 is 5.32 Å². The van der Waals surface area contributed by atoms with Crippen molar-refractivity contribution in [1.29, 1.82) is 0 Å². The first-order valence-electron chi connectivity index (χ1n) is 13.4. The Morgan fingerprint density at radius 1 is 1.09 bits per heavy atom. The Morgan fingerprint density at radius 3 is 2.47 bits per heavy atom. The van der Waals surface area contributed by atoms with Gasteiger partial charge in [-0.25, -0.2) is 0 Å². The monoisotopic (exact) mass is 442 g/mol. The van der Waals surface area contributed by atoms with Gasteiger partial charge in [0.25, 0.3) is 0 Å². The van der Waals surface area contributed by atoms with Crippen LogP contribution in [0.3, 0.4) is 0 Å². The third-order valence-electron chi connectivity index (χ3n) is 10.9. The van der Waals surface area contributed by atoms with Gasteiger partial charge in [0.15, 0.2) is 0 Å². The zero-order valence-electron chi connectivity index (χ0n) is 21.4. The Hall–Kier alpha value is -1.32. The lowest BCUT2D eigenvalue weighted by molar-refractivity contribution is -0.143. The van der Waals surface area contributed by atoms with Crippen molar-refractivity contribution in [2.24, 2.45) is 34.5 Å². The zero-order valence-corrected chi connectivity index (χ0v) is 21.4. The van der Waals surface area contributed by atoms with Gasteiger partial charge in [-0.05, 0) is 87.0 Å². The van der Waals surface area contributed by atoms with Gasteiger partial charge in [-0.15, -0.1) is 0 Å². The number of nitrogens with one attached hydrogen (secondary N) is 1. The zero-order chi connectivity index (χ0) is 23.3. The van der Waals surface area contributed by atoms with Gasteiger partial charge < -0.3 is 10.2 Å². The number of carbonyl (C=O) groups excluding carboxylic acids is 2. The predicted molar refractivity (Wildman–Crippen MR) is 130 cm³/mol. The number of nitrogens with zero attached hydrogens (tertiary/aromatic N) is 1. The molecule has 4 aliphatic rings. The summed E-state index contributed by atoms with van der Waals surface area (Å²) < 4.78 is 0. The summed E-state index contributed by atoms with van der Waals surface area (Å²) in [4.78, 5) is 28.0. The molecule has 0 bridgehead atoms. The lowest BCUT2D eigenvalue weighted by Gasteiger charge is -2.60. The Morgan fingerprint density at radius 2 is 1.81 bits per heavy atom. The SMILES string of the molecule is CCCC(CC)(CC)NC(=O)C1CC[C@H]2[C@@H]3CCC4N(C)C(=O)C=C[C@]4(C)[C@@H]3CC[C@]12C. The van der Waals surface area contributed by atoms with E-state index in [4.69, 9.17) is 0 Å². The quantitative estimate of drug-likeness (QED) is 0.572. The molecule has 0 spiro atoms. The molecule has 0 saturated heterocycles. The van der Waals surface area contributed by atoms with E-state index in [1.807, 2.05) is 18.0 Å². The molecule has 4 nitrogen and oxygen atoms in total. The van der Waals surface area contributed by atoms with Crippen LogP contribution in [-0.4, -0.2) is 35.3 Å². The average Bonchev–Trinajstić information content (AvgIpc) is 3.13. The van der Waals surface area contributed by atoms with Crippen molar-refractivity contribution in [2.75, 3.05) is 7.05 Å². The number of fused-ring (bicyclic) bond motifs is 5. The van der Waals surface area contributed by atoms with Gasteiger partial charge in [0.05, 0.1) is 0 Å². The molecule has 0 radical (unpaired) electrons. The van der Waals surface area contributed by atoms with E-state index in [1.165, 1.54) is 19.3 Å². The average molecular weight is 443 g/mol. The molecule has 0 aromatic heterocycles. The number of likely N-dealkylation sites (N-methyl/N-ethyl adjacent to an activating group) is 1. The maximum atomic E-state index is 13.7. The molecule has 0 aromatic carbocycles. The molecule has 0 aromatic rings. The lowest BCUT2D eigenvalue weighted by Crippen LogP contribution is -2.60. The fraction of sp³-hybridized carbons (Fsp3) is 0.857. The fourth-order valence-electron chi connectivity index (χ4n) is 8.84. The van der Waals surface area contributed by atoms with E-state index in [9.17, 15) is 9.59 Å². The number of hydrogen-bond donors (Lipinski definition) is 1. The van der Waals surface area contributed by atoms with Crippen LogP contribution in [0.4, 0.5) is 0 Å². The van der Waals surface area contributed by atoms with Crippen molar-refractivity contribution in [3.8, 4) is 0 Å². The van der Waals surface area contributed by atoms with E-state index in [2.05, 4.69) is 46.0 Å². The molecule has 4 heteroatoms. The van der Waals surface area contributed by atoms with E-state index in [0.29, 0.717) is 29.7 Å². The lowest BCUT2D eigenvalue weighted by atomic mass is 9.47. The van der Waals surface area contributed by atoms with Crippen molar-refractivity contribution in [1.82, 2.24) is 10.2 Å². The minimum atomic E-state index is -0.0347. The van der Waals surface area contributed by atoms with Crippen LogP contribution in [0, 0.1) is 34.5 Å². The molecule has 1 heterocycles. The minimum Gasteiger partial charge on any atom is -0.350 e. The molecule has 2 amide bonds. The molecule has 7 atom stereocenters. The van der Waals surface area contributed by atoms with Crippen molar-refractivity contribution in [3.63, 3.8) is 0 Å². The van der Waals surface area contributed by atoms with E-state index >= 15 is 0 Å². The van der Waals surface area contributed by atoms with Crippen LogP contribution in [0.15, 0.2) is 12.2 Å². The molecule has 32 heavy (non-hydrogen) atoms. The summed E-state index contributed by atoms with van der Waals surface area (Å²) in [5, 5.41) is 3.57. The largest absolute Gasteiger partial charge is 0.350 e. The molecular formula is C28H46N2O2. The van der Waals surface area contributed by atoms with E-state index < -0.39 is 0 Å². The topological polar surface area (TPSA) is 49.4 Å². The summed E-state index contributed by atoms with van der Waals surface area (Å²) in [5.74, 6) is 2.57.